The molecule has 0 fully saturated rings. The average Bonchev–Trinajstić information content (AvgIpc) is 2.82. The van der Waals surface area contributed by atoms with Crippen LogP contribution in [0.5, 0.6) is 0 Å². The molecular weight excluding hydrogens is 241 g/mol. The minimum atomic E-state index is -0.221. The van der Waals surface area contributed by atoms with Crippen molar-refractivity contribution in [1.29, 1.82) is 0 Å². The normalized spacial score (nSPS) is 11.1. The van der Waals surface area contributed by atoms with Crippen LogP contribution in [0.15, 0.2) is 52.9 Å². The lowest BCUT2D eigenvalue weighted by Gasteiger charge is -1.97. The van der Waals surface area contributed by atoms with Crippen LogP contribution in [0.1, 0.15) is 16.9 Å². The van der Waals surface area contributed by atoms with Gasteiger partial charge in [-0.15, -0.1) is 0 Å². The minimum Gasteiger partial charge on any atom is -0.461 e. The highest BCUT2D eigenvalue weighted by molar-refractivity contribution is 5.78. The van der Waals surface area contributed by atoms with Crippen LogP contribution < -0.4 is 5.73 Å². The van der Waals surface area contributed by atoms with Gasteiger partial charge >= 0.3 is 0 Å². The van der Waals surface area contributed by atoms with Crippen molar-refractivity contribution < 1.29 is 8.81 Å². The molecule has 0 aliphatic rings. The molecule has 0 aliphatic heterocycles. The molecule has 19 heavy (non-hydrogen) atoms. The summed E-state index contributed by atoms with van der Waals surface area (Å²) in [5.41, 5.74) is 8.59. The molecule has 2 N–H and O–H groups in total. The zero-order chi connectivity index (χ0) is 13.2. The maximum atomic E-state index is 12.8. The number of benzene rings is 2. The van der Waals surface area contributed by atoms with Crippen LogP contribution in [0.25, 0.3) is 11.0 Å². The molecule has 0 amide bonds. The van der Waals surface area contributed by atoms with Crippen molar-refractivity contribution in [3.63, 3.8) is 0 Å². The smallest absolute Gasteiger partial charge is 0.134 e. The van der Waals surface area contributed by atoms with E-state index < -0.39 is 0 Å². The predicted molar refractivity (Wildman–Crippen MR) is 73.3 cm³/mol. The molecule has 0 saturated heterocycles. The van der Waals surface area contributed by atoms with Crippen molar-refractivity contribution >= 4 is 11.0 Å². The van der Waals surface area contributed by atoms with E-state index in [0.29, 0.717) is 13.0 Å². The molecule has 2 aromatic carbocycles. The number of fused-ring (bicyclic) bond motifs is 1. The van der Waals surface area contributed by atoms with Crippen LogP contribution in [0.4, 0.5) is 4.39 Å². The third-order valence-corrected chi connectivity index (χ3v) is 3.16. The van der Waals surface area contributed by atoms with Crippen molar-refractivity contribution in [3.05, 3.63) is 71.2 Å². The largest absolute Gasteiger partial charge is 0.461 e. The van der Waals surface area contributed by atoms with Crippen LogP contribution in [-0.4, -0.2) is 0 Å². The first-order chi connectivity index (χ1) is 9.24. The average molecular weight is 255 g/mol. The van der Waals surface area contributed by atoms with Gasteiger partial charge in [-0.3, -0.25) is 0 Å². The molecule has 0 unspecified atom stereocenters. The summed E-state index contributed by atoms with van der Waals surface area (Å²) < 4.78 is 18.6. The molecule has 2 nitrogen and oxygen atoms in total. The van der Waals surface area contributed by atoms with E-state index in [9.17, 15) is 4.39 Å². The van der Waals surface area contributed by atoms with Gasteiger partial charge in [0.15, 0.2) is 0 Å². The topological polar surface area (TPSA) is 39.2 Å². The summed E-state index contributed by atoms with van der Waals surface area (Å²) in [5.74, 6) is 0.650. The number of nitrogens with two attached hydrogens (primary N) is 1. The lowest BCUT2D eigenvalue weighted by Crippen LogP contribution is -1.94. The second-order valence-electron chi connectivity index (χ2n) is 4.59. The fraction of sp³-hybridized carbons (Fsp3) is 0.125. The summed E-state index contributed by atoms with van der Waals surface area (Å²) in [6.07, 6.45) is 0.660. The fourth-order valence-corrected chi connectivity index (χ4v) is 2.17. The first-order valence-electron chi connectivity index (χ1n) is 6.20. The van der Waals surface area contributed by atoms with Gasteiger partial charge in [-0.05, 0) is 41.5 Å². The summed E-state index contributed by atoms with van der Waals surface area (Å²) in [7, 11) is 0. The Morgan fingerprint density at radius 3 is 2.42 bits per heavy atom. The van der Waals surface area contributed by atoms with E-state index in [1.807, 2.05) is 24.3 Å². The van der Waals surface area contributed by atoms with Gasteiger partial charge in [0.2, 0.25) is 0 Å². The number of hydrogen-bond acceptors (Lipinski definition) is 2. The summed E-state index contributed by atoms with van der Waals surface area (Å²) in [5, 5.41) is 1.06. The SMILES string of the molecule is NCc1ccc2oc(Cc3ccc(F)cc3)cc2c1. The minimum absolute atomic E-state index is 0.221. The molecule has 0 saturated carbocycles. The Morgan fingerprint density at radius 1 is 0.947 bits per heavy atom. The van der Waals surface area contributed by atoms with Crippen molar-refractivity contribution in [2.24, 2.45) is 5.73 Å². The van der Waals surface area contributed by atoms with E-state index in [1.54, 1.807) is 12.1 Å². The molecule has 1 heterocycles. The van der Waals surface area contributed by atoms with Gasteiger partial charge in [0, 0.05) is 18.4 Å². The number of furan rings is 1. The molecule has 96 valence electrons. The van der Waals surface area contributed by atoms with Crippen LogP contribution in [-0.2, 0) is 13.0 Å². The van der Waals surface area contributed by atoms with E-state index in [2.05, 4.69) is 0 Å². The van der Waals surface area contributed by atoms with Crippen LogP contribution in [0.2, 0.25) is 0 Å². The summed E-state index contributed by atoms with van der Waals surface area (Å²) >= 11 is 0. The number of hydrogen-bond donors (Lipinski definition) is 1. The highest BCUT2D eigenvalue weighted by atomic mass is 19.1. The van der Waals surface area contributed by atoms with E-state index in [-0.39, 0.29) is 5.82 Å². The van der Waals surface area contributed by atoms with Gasteiger partial charge in [-0.25, -0.2) is 4.39 Å². The van der Waals surface area contributed by atoms with E-state index in [1.165, 1.54) is 12.1 Å². The van der Waals surface area contributed by atoms with Gasteiger partial charge in [-0.2, -0.15) is 0 Å². The molecule has 3 heteroatoms. The molecule has 3 rings (SSSR count). The van der Waals surface area contributed by atoms with Crippen molar-refractivity contribution in [3.8, 4) is 0 Å². The molecule has 3 aromatic rings. The summed E-state index contributed by atoms with van der Waals surface area (Å²) in [6, 6.07) is 14.4. The Kier molecular flexibility index (Phi) is 3.05. The van der Waals surface area contributed by atoms with Crippen molar-refractivity contribution in [2.45, 2.75) is 13.0 Å². The Morgan fingerprint density at radius 2 is 1.68 bits per heavy atom. The summed E-state index contributed by atoms with van der Waals surface area (Å²) in [4.78, 5) is 0. The Labute approximate surface area is 110 Å². The van der Waals surface area contributed by atoms with Crippen molar-refractivity contribution in [2.75, 3.05) is 0 Å². The standard InChI is InChI=1S/C16H14FNO/c17-14-4-1-11(2-5-14)8-15-9-13-7-12(10-18)3-6-16(13)19-15/h1-7,9H,8,10,18H2. The van der Waals surface area contributed by atoms with Crippen molar-refractivity contribution in [1.82, 2.24) is 0 Å². The molecule has 0 atom stereocenters. The maximum absolute atomic E-state index is 12.8. The highest BCUT2D eigenvalue weighted by Crippen LogP contribution is 2.22. The van der Waals surface area contributed by atoms with E-state index in [4.69, 9.17) is 10.2 Å². The molecular formula is C16H14FNO. The van der Waals surface area contributed by atoms with Gasteiger partial charge in [0.05, 0.1) is 0 Å². The van der Waals surface area contributed by atoms with E-state index in [0.717, 1.165) is 27.9 Å². The molecule has 0 radical (unpaired) electrons. The van der Waals surface area contributed by atoms with Gasteiger partial charge in [0.1, 0.15) is 17.2 Å². The second-order valence-corrected chi connectivity index (χ2v) is 4.59. The highest BCUT2D eigenvalue weighted by Gasteiger charge is 2.05. The van der Waals surface area contributed by atoms with Gasteiger partial charge in [0.25, 0.3) is 0 Å². The monoisotopic (exact) mass is 255 g/mol. The van der Waals surface area contributed by atoms with Crippen LogP contribution in [0, 0.1) is 5.82 Å². The lowest BCUT2D eigenvalue weighted by molar-refractivity contribution is 0.562. The zero-order valence-corrected chi connectivity index (χ0v) is 10.4. The molecule has 0 spiro atoms. The second kappa shape index (κ2) is 4.86. The third-order valence-electron chi connectivity index (χ3n) is 3.16. The Balaban J connectivity index is 1.90. The Bertz CT molecular complexity index is 700. The maximum Gasteiger partial charge on any atom is 0.134 e. The van der Waals surface area contributed by atoms with Crippen LogP contribution in [0.3, 0.4) is 0 Å². The molecule has 0 bridgehead atoms. The Hall–Kier alpha value is -2.13. The third kappa shape index (κ3) is 2.51. The number of rotatable bonds is 3. The molecule has 1 aromatic heterocycles. The fourth-order valence-electron chi connectivity index (χ4n) is 2.17. The quantitative estimate of drug-likeness (QED) is 0.776. The zero-order valence-electron chi connectivity index (χ0n) is 10.4. The van der Waals surface area contributed by atoms with Gasteiger partial charge in [-0.1, -0.05) is 18.2 Å². The van der Waals surface area contributed by atoms with E-state index >= 15 is 0 Å². The van der Waals surface area contributed by atoms with Gasteiger partial charge < -0.3 is 10.2 Å². The predicted octanol–water partition coefficient (Wildman–Crippen LogP) is 3.62. The first kappa shape index (κ1) is 11.9. The first-order valence-corrected chi connectivity index (χ1v) is 6.20. The summed E-state index contributed by atoms with van der Waals surface area (Å²) in [6.45, 7) is 0.522. The lowest BCUT2D eigenvalue weighted by atomic mass is 10.1. The van der Waals surface area contributed by atoms with Crippen LogP contribution >= 0.6 is 0 Å². The molecule has 0 aliphatic carbocycles. The number of halogens is 1.